The molecular formula is C54H47N3. The summed E-state index contributed by atoms with van der Waals surface area (Å²) in [4.78, 5) is 0. The normalized spacial score (nSPS) is 20.9. The third-order valence-electron chi connectivity index (χ3n) is 12.3. The molecule has 0 radical (unpaired) electrons. The number of hydrogen-bond acceptors (Lipinski definition) is 3. The van der Waals surface area contributed by atoms with Gasteiger partial charge in [-0.25, -0.2) is 0 Å². The fourth-order valence-corrected chi connectivity index (χ4v) is 9.58. The largest absolute Gasteiger partial charge is 0.370 e. The van der Waals surface area contributed by atoms with Crippen molar-refractivity contribution >= 4 is 5.69 Å². The highest BCUT2D eigenvalue weighted by atomic mass is 15.6. The smallest absolute Gasteiger partial charge is 0.0868 e. The van der Waals surface area contributed by atoms with Crippen LogP contribution in [0.25, 0.3) is 33.4 Å². The van der Waals surface area contributed by atoms with E-state index in [0.29, 0.717) is 12.6 Å². The van der Waals surface area contributed by atoms with Crippen LogP contribution in [0, 0.1) is 5.92 Å². The number of hydrazine groups is 1. The van der Waals surface area contributed by atoms with E-state index in [1.165, 1.54) is 72.5 Å². The molecule has 0 spiro atoms. The molecule has 1 aliphatic heterocycles. The Labute approximate surface area is 337 Å². The lowest BCUT2D eigenvalue weighted by Gasteiger charge is -2.36. The van der Waals surface area contributed by atoms with Crippen LogP contribution in [0.2, 0.25) is 0 Å². The second-order valence-electron chi connectivity index (χ2n) is 15.7. The van der Waals surface area contributed by atoms with E-state index in [1.807, 2.05) is 0 Å². The Hall–Kier alpha value is -6.42. The van der Waals surface area contributed by atoms with E-state index in [9.17, 15) is 0 Å². The lowest BCUT2D eigenvalue weighted by molar-refractivity contribution is 0.212. The zero-order valence-electron chi connectivity index (χ0n) is 32.4. The molecular weight excluding hydrogens is 691 g/mol. The Balaban J connectivity index is 1.09. The predicted octanol–water partition coefficient (Wildman–Crippen LogP) is 12.9. The number of hydrogen-bond donors (Lipinski definition) is 2. The summed E-state index contributed by atoms with van der Waals surface area (Å²) in [7, 11) is 0. The molecule has 0 aromatic heterocycles. The molecule has 1 heterocycles. The van der Waals surface area contributed by atoms with Crippen molar-refractivity contribution < 1.29 is 0 Å². The molecule has 3 nitrogen and oxygen atoms in total. The van der Waals surface area contributed by atoms with Gasteiger partial charge in [0.1, 0.15) is 0 Å². The number of nitrogens with zero attached hydrogens (tertiary/aromatic N) is 1. The Morgan fingerprint density at radius 3 is 2.18 bits per heavy atom. The molecule has 278 valence electrons. The summed E-state index contributed by atoms with van der Waals surface area (Å²) < 4.78 is 0. The first kappa shape index (κ1) is 35.0. The van der Waals surface area contributed by atoms with Gasteiger partial charge in [0, 0.05) is 11.3 Å². The number of anilines is 1. The third kappa shape index (κ3) is 6.20. The van der Waals surface area contributed by atoms with Crippen LogP contribution in [-0.4, -0.2) is 11.7 Å². The first-order valence-electron chi connectivity index (χ1n) is 20.5. The number of nitrogens with one attached hydrogen (secondary N) is 2. The zero-order valence-corrected chi connectivity index (χ0v) is 32.4. The molecule has 0 fully saturated rings. The van der Waals surface area contributed by atoms with E-state index in [4.69, 9.17) is 0 Å². The molecule has 0 saturated heterocycles. The molecule has 2 unspecified atom stereocenters. The van der Waals surface area contributed by atoms with Crippen molar-refractivity contribution in [2.75, 3.05) is 12.0 Å². The average molecular weight is 738 g/mol. The van der Waals surface area contributed by atoms with E-state index in [1.54, 1.807) is 0 Å². The van der Waals surface area contributed by atoms with Gasteiger partial charge in [-0.05, 0) is 111 Å². The van der Waals surface area contributed by atoms with Crippen LogP contribution < -0.4 is 10.7 Å². The Kier molecular flexibility index (Phi) is 9.16. The number of fused-ring (bicyclic) bond motifs is 3. The summed E-state index contributed by atoms with van der Waals surface area (Å²) in [6, 6.07) is 55.8. The van der Waals surface area contributed by atoms with Crippen LogP contribution in [0.1, 0.15) is 54.5 Å². The maximum atomic E-state index is 4.01. The van der Waals surface area contributed by atoms with Gasteiger partial charge in [-0.2, -0.15) is 5.01 Å². The minimum Gasteiger partial charge on any atom is -0.370 e. The summed E-state index contributed by atoms with van der Waals surface area (Å²) in [6.45, 7) is 2.92. The minimum atomic E-state index is -0.421. The maximum Gasteiger partial charge on any atom is 0.0868 e. The molecule has 4 aliphatic rings. The summed E-state index contributed by atoms with van der Waals surface area (Å²) in [5, 5.41) is 6.38. The van der Waals surface area contributed by atoms with E-state index < -0.39 is 5.41 Å². The monoisotopic (exact) mass is 737 g/mol. The van der Waals surface area contributed by atoms with Gasteiger partial charge in [0.25, 0.3) is 0 Å². The van der Waals surface area contributed by atoms with Crippen molar-refractivity contribution in [3.05, 3.63) is 233 Å². The van der Waals surface area contributed by atoms with E-state index in [0.717, 1.165) is 24.9 Å². The van der Waals surface area contributed by atoms with Crippen LogP contribution in [0.5, 0.6) is 0 Å². The zero-order chi connectivity index (χ0) is 38.2. The molecule has 6 aromatic carbocycles. The molecule has 3 atom stereocenters. The van der Waals surface area contributed by atoms with Gasteiger partial charge in [-0.3, -0.25) is 0 Å². The van der Waals surface area contributed by atoms with Gasteiger partial charge in [-0.1, -0.05) is 177 Å². The second kappa shape index (κ2) is 14.9. The van der Waals surface area contributed by atoms with Crippen molar-refractivity contribution in [3.8, 4) is 33.4 Å². The number of allylic oxidation sites excluding steroid dienone is 8. The molecule has 0 bridgehead atoms. The van der Waals surface area contributed by atoms with Gasteiger partial charge < -0.3 is 10.7 Å². The highest BCUT2D eigenvalue weighted by Gasteiger charge is 2.47. The lowest BCUT2D eigenvalue weighted by atomic mass is 9.66. The van der Waals surface area contributed by atoms with Crippen molar-refractivity contribution in [3.63, 3.8) is 0 Å². The van der Waals surface area contributed by atoms with Gasteiger partial charge >= 0.3 is 0 Å². The maximum absolute atomic E-state index is 4.01. The fourth-order valence-electron chi connectivity index (χ4n) is 9.58. The Bertz CT molecular complexity index is 2600. The van der Waals surface area contributed by atoms with Crippen molar-refractivity contribution in [1.29, 1.82) is 0 Å². The van der Waals surface area contributed by atoms with Gasteiger partial charge in [0.15, 0.2) is 0 Å². The van der Waals surface area contributed by atoms with Gasteiger partial charge in [0.05, 0.1) is 23.8 Å². The second-order valence-corrected chi connectivity index (χ2v) is 15.7. The highest BCUT2D eigenvalue weighted by molar-refractivity contribution is 5.93. The third-order valence-corrected chi connectivity index (χ3v) is 12.3. The van der Waals surface area contributed by atoms with E-state index in [2.05, 4.69) is 217 Å². The van der Waals surface area contributed by atoms with Crippen molar-refractivity contribution in [2.45, 2.75) is 37.6 Å². The summed E-state index contributed by atoms with van der Waals surface area (Å²) >= 11 is 0. The molecule has 2 N–H and O–H groups in total. The average Bonchev–Trinajstić information content (AvgIpc) is 3.84. The van der Waals surface area contributed by atoms with E-state index >= 15 is 0 Å². The van der Waals surface area contributed by atoms with Crippen molar-refractivity contribution in [2.24, 2.45) is 5.92 Å². The fraction of sp³-hybridized carbons (Fsp3) is 0.148. The Morgan fingerprint density at radius 1 is 0.667 bits per heavy atom. The topological polar surface area (TPSA) is 27.3 Å². The molecule has 3 heteroatoms. The van der Waals surface area contributed by atoms with Crippen LogP contribution in [0.4, 0.5) is 5.69 Å². The molecule has 6 aromatic rings. The first-order valence-corrected chi connectivity index (χ1v) is 20.5. The predicted molar refractivity (Wildman–Crippen MR) is 237 cm³/mol. The minimum absolute atomic E-state index is 0.0289. The van der Waals surface area contributed by atoms with E-state index in [-0.39, 0.29) is 6.04 Å². The molecule has 10 rings (SSSR count). The standard InChI is InChI=1S/C54H47N3/c1-38-19-14-15-30-45(38)52-36-53(42-25-18-24-41(33-42)39-20-6-2-7-21-39)57(56-52)37-55-51-35-48-46-31-16-17-32-49(46)54(43-26-10-4-11-27-43,44-28-12-5-13-29-44)50(48)34-47(51)40-22-8-3-9-23-40/h2-4,6-12,14-18,20-36,38,53,55-56H,5,13,19,37H2,1H3/t38?,53?,54-/m0/s1. The van der Waals surface area contributed by atoms with Crippen LogP contribution in [0.3, 0.4) is 0 Å². The van der Waals surface area contributed by atoms with Gasteiger partial charge in [-0.15, -0.1) is 0 Å². The van der Waals surface area contributed by atoms with Gasteiger partial charge in [0.2, 0.25) is 0 Å². The summed E-state index contributed by atoms with van der Waals surface area (Å²) in [5.41, 5.74) is 21.1. The Morgan fingerprint density at radius 2 is 1.40 bits per heavy atom. The van der Waals surface area contributed by atoms with Crippen LogP contribution >= 0.6 is 0 Å². The molecule has 57 heavy (non-hydrogen) atoms. The quantitative estimate of drug-likeness (QED) is 0.155. The molecule has 0 saturated carbocycles. The summed E-state index contributed by atoms with van der Waals surface area (Å²) in [6.07, 6.45) is 19.6. The highest BCUT2D eigenvalue weighted by Crippen LogP contribution is 2.58. The summed E-state index contributed by atoms with van der Waals surface area (Å²) in [5.74, 6) is 0.443. The van der Waals surface area contributed by atoms with Crippen LogP contribution in [-0.2, 0) is 5.41 Å². The number of benzene rings is 6. The molecule has 0 amide bonds. The SMILES string of the molecule is CC1CC=CC=C1C1=CC(c2cccc(-c3ccccc3)c2)N(CNc2cc3c(cc2-c2ccccc2)[C@](C2=CCCC=C2)(c2ccccc2)c2ccccc2-3)N1. The van der Waals surface area contributed by atoms with Crippen molar-refractivity contribution in [1.82, 2.24) is 10.4 Å². The van der Waals surface area contributed by atoms with Crippen LogP contribution in [0.15, 0.2) is 211 Å². The lowest BCUT2D eigenvalue weighted by Crippen LogP contribution is -2.39. The molecule has 3 aliphatic carbocycles. The number of rotatable bonds is 9. The first-order chi connectivity index (χ1) is 28.2.